The minimum Gasteiger partial charge on any atom is -0.311 e. The van der Waals surface area contributed by atoms with E-state index in [9.17, 15) is 0 Å². The summed E-state index contributed by atoms with van der Waals surface area (Å²) in [6.07, 6.45) is 0. The normalized spacial score (nSPS) is 13.4. The number of halogens is 1. The van der Waals surface area contributed by atoms with E-state index in [4.69, 9.17) is 11.6 Å². The first-order chi connectivity index (χ1) is 26.0. The Balaban J connectivity index is 1.36. The Kier molecular flexibility index (Phi) is 8.14. The van der Waals surface area contributed by atoms with Crippen molar-refractivity contribution in [3.05, 3.63) is 174 Å². The molecule has 0 aromatic heterocycles. The Morgan fingerprint density at radius 2 is 1.02 bits per heavy atom. The second-order valence-electron chi connectivity index (χ2n) is 16.8. The fourth-order valence-electron chi connectivity index (χ4n) is 8.39. The molecule has 0 aliphatic carbocycles. The lowest BCUT2D eigenvalue weighted by molar-refractivity contribution is 0.590. The molecular weight excluding hydrogens is 675 g/mol. The third-order valence-corrected chi connectivity index (χ3v) is 11.5. The molecule has 0 saturated heterocycles. The molecule has 9 rings (SSSR count). The van der Waals surface area contributed by atoms with Gasteiger partial charge in [-0.25, -0.2) is 0 Å². The van der Waals surface area contributed by atoms with Gasteiger partial charge in [-0.05, 0) is 116 Å². The number of benzene rings is 7. The fourth-order valence-corrected chi connectivity index (χ4v) is 8.51. The molecular formula is C50H44BClN2. The lowest BCUT2D eigenvalue weighted by atomic mass is 9.33. The van der Waals surface area contributed by atoms with Crippen LogP contribution in [-0.2, 0) is 10.8 Å². The van der Waals surface area contributed by atoms with Gasteiger partial charge in [-0.3, -0.25) is 0 Å². The van der Waals surface area contributed by atoms with Gasteiger partial charge in [0.05, 0.1) is 5.69 Å². The van der Waals surface area contributed by atoms with Crippen LogP contribution in [0.1, 0.15) is 52.7 Å². The van der Waals surface area contributed by atoms with Gasteiger partial charge in [0.25, 0.3) is 6.71 Å². The van der Waals surface area contributed by atoms with Crippen LogP contribution in [0.5, 0.6) is 0 Å². The smallest absolute Gasteiger partial charge is 0.252 e. The van der Waals surface area contributed by atoms with Crippen LogP contribution >= 0.6 is 11.6 Å². The van der Waals surface area contributed by atoms with E-state index in [0.717, 1.165) is 16.4 Å². The quantitative estimate of drug-likeness (QED) is 0.167. The maximum atomic E-state index is 6.50. The molecule has 0 spiro atoms. The second kappa shape index (κ2) is 12.8. The summed E-state index contributed by atoms with van der Waals surface area (Å²) in [6.45, 7) is 13.9. The third kappa shape index (κ3) is 5.74. The van der Waals surface area contributed by atoms with Crippen LogP contribution in [0.4, 0.5) is 34.1 Å². The van der Waals surface area contributed by atoms with Crippen molar-refractivity contribution >= 4 is 68.8 Å². The zero-order chi connectivity index (χ0) is 37.4. The van der Waals surface area contributed by atoms with Gasteiger partial charge in [-0.2, -0.15) is 0 Å². The van der Waals surface area contributed by atoms with E-state index < -0.39 is 0 Å². The molecule has 0 amide bonds. The summed E-state index contributed by atoms with van der Waals surface area (Å²) in [5.74, 6) is 0. The molecule has 2 aliphatic rings. The molecule has 0 unspecified atom stereocenters. The first-order valence-corrected chi connectivity index (χ1v) is 19.4. The van der Waals surface area contributed by atoms with Gasteiger partial charge in [0.1, 0.15) is 0 Å². The number of hydrogen-bond donors (Lipinski definition) is 0. The first kappa shape index (κ1) is 34.3. The minimum absolute atomic E-state index is 0.0107. The highest BCUT2D eigenvalue weighted by Gasteiger charge is 2.44. The van der Waals surface area contributed by atoms with Crippen molar-refractivity contribution in [1.82, 2.24) is 0 Å². The van der Waals surface area contributed by atoms with Crippen LogP contribution in [0.2, 0.25) is 5.02 Å². The van der Waals surface area contributed by atoms with E-state index in [1.165, 1.54) is 72.5 Å². The molecule has 7 aromatic carbocycles. The van der Waals surface area contributed by atoms with E-state index in [0.29, 0.717) is 0 Å². The van der Waals surface area contributed by atoms with Gasteiger partial charge < -0.3 is 9.80 Å². The fraction of sp³-hybridized carbons (Fsp3) is 0.160. The van der Waals surface area contributed by atoms with Crippen LogP contribution < -0.4 is 26.2 Å². The number of rotatable bonds is 4. The number of fused-ring (bicyclic) bond motifs is 4. The Morgan fingerprint density at radius 1 is 0.426 bits per heavy atom. The molecule has 264 valence electrons. The van der Waals surface area contributed by atoms with Crippen LogP contribution in [0.15, 0.2) is 158 Å². The standard InChI is InChI=1S/C50H44BClN2/c1-49(2,3)36-22-29-44-42(31-36)51-41-27-21-37(50(4,5)6)32-47(41)53(39-25-23-38(52)24-26-39)45-18-13-19-46(48(45)51)54(44)43-28-20-35(33-14-9-7-10-15-33)30-40(43)34-16-11-8-12-17-34/h7-32H,1-6H3. The summed E-state index contributed by atoms with van der Waals surface area (Å²) in [6, 6.07) is 58.1. The number of hydrogen-bond acceptors (Lipinski definition) is 2. The molecule has 2 heterocycles. The summed E-state index contributed by atoms with van der Waals surface area (Å²) in [4.78, 5) is 4.99. The van der Waals surface area contributed by atoms with Gasteiger partial charge in [0, 0.05) is 39.0 Å². The largest absolute Gasteiger partial charge is 0.311 e. The number of anilines is 6. The van der Waals surface area contributed by atoms with Crippen LogP contribution in [0.3, 0.4) is 0 Å². The zero-order valence-corrected chi connectivity index (χ0v) is 32.6. The summed E-state index contributed by atoms with van der Waals surface area (Å²) in [7, 11) is 0. The van der Waals surface area contributed by atoms with Crippen molar-refractivity contribution in [2.24, 2.45) is 0 Å². The Hall–Kier alpha value is -5.51. The summed E-state index contributed by atoms with van der Waals surface area (Å²) in [5.41, 5.74) is 18.4. The molecule has 0 radical (unpaired) electrons. The molecule has 7 aromatic rings. The summed E-state index contributed by atoms with van der Waals surface area (Å²) in [5, 5.41) is 0.731. The first-order valence-electron chi connectivity index (χ1n) is 19.0. The number of nitrogens with zero attached hydrogens (tertiary/aromatic N) is 2. The lowest BCUT2D eigenvalue weighted by Gasteiger charge is -2.45. The average Bonchev–Trinajstić information content (AvgIpc) is 3.18. The Morgan fingerprint density at radius 3 is 1.69 bits per heavy atom. The minimum atomic E-state index is -0.0187. The summed E-state index contributed by atoms with van der Waals surface area (Å²) < 4.78 is 0. The third-order valence-electron chi connectivity index (χ3n) is 11.2. The lowest BCUT2D eigenvalue weighted by Crippen LogP contribution is -2.61. The predicted molar refractivity (Wildman–Crippen MR) is 234 cm³/mol. The second-order valence-corrected chi connectivity index (χ2v) is 17.2. The molecule has 54 heavy (non-hydrogen) atoms. The van der Waals surface area contributed by atoms with Gasteiger partial charge in [0.15, 0.2) is 0 Å². The van der Waals surface area contributed by atoms with E-state index in [-0.39, 0.29) is 17.5 Å². The molecule has 0 fully saturated rings. The molecule has 4 heteroatoms. The molecule has 2 nitrogen and oxygen atoms in total. The van der Waals surface area contributed by atoms with Gasteiger partial charge >= 0.3 is 0 Å². The Labute approximate surface area is 325 Å². The van der Waals surface area contributed by atoms with Crippen molar-refractivity contribution in [2.45, 2.75) is 52.4 Å². The van der Waals surface area contributed by atoms with Crippen LogP contribution in [0, 0.1) is 0 Å². The zero-order valence-electron chi connectivity index (χ0n) is 31.9. The van der Waals surface area contributed by atoms with Crippen molar-refractivity contribution in [3.8, 4) is 22.3 Å². The maximum absolute atomic E-state index is 6.50. The van der Waals surface area contributed by atoms with E-state index >= 15 is 0 Å². The molecule has 0 saturated carbocycles. The molecule has 2 aliphatic heterocycles. The van der Waals surface area contributed by atoms with Crippen LogP contribution in [0.25, 0.3) is 22.3 Å². The highest BCUT2D eigenvalue weighted by atomic mass is 35.5. The SMILES string of the molecule is CC(C)(C)c1ccc2c(c1)B1c3ccc(C(C)(C)C)cc3N(c3ccc(Cl)cc3)c3cccc(c31)N2c1ccc(-c2ccccc2)cc1-c1ccccc1. The van der Waals surface area contributed by atoms with E-state index in [2.05, 4.69) is 197 Å². The highest BCUT2D eigenvalue weighted by Crippen LogP contribution is 2.48. The van der Waals surface area contributed by atoms with Crippen LogP contribution in [-0.4, -0.2) is 6.71 Å². The monoisotopic (exact) mass is 718 g/mol. The van der Waals surface area contributed by atoms with E-state index in [1.807, 2.05) is 12.1 Å². The molecule has 0 N–H and O–H groups in total. The highest BCUT2D eigenvalue weighted by molar-refractivity contribution is 7.00. The van der Waals surface area contributed by atoms with Crippen molar-refractivity contribution in [3.63, 3.8) is 0 Å². The van der Waals surface area contributed by atoms with Gasteiger partial charge in [-0.1, -0.05) is 150 Å². The predicted octanol–water partition coefficient (Wildman–Crippen LogP) is 12.4. The van der Waals surface area contributed by atoms with Crippen molar-refractivity contribution in [1.29, 1.82) is 0 Å². The molecule has 0 bridgehead atoms. The van der Waals surface area contributed by atoms with Gasteiger partial charge in [-0.15, -0.1) is 0 Å². The van der Waals surface area contributed by atoms with Crippen molar-refractivity contribution in [2.75, 3.05) is 9.80 Å². The van der Waals surface area contributed by atoms with E-state index in [1.54, 1.807) is 0 Å². The van der Waals surface area contributed by atoms with Crippen molar-refractivity contribution < 1.29 is 0 Å². The van der Waals surface area contributed by atoms with Gasteiger partial charge in [0.2, 0.25) is 0 Å². The maximum Gasteiger partial charge on any atom is 0.252 e. The average molecular weight is 719 g/mol. The topological polar surface area (TPSA) is 6.48 Å². The Bertz CT molecular complexity index is 2530. The molecule has 0 atom stereocenters. The summed E-state index contributed by atoms with van der Waals surface area (Å²) >= 11 is 6.50.